The van der Waals surface area contributed by atoms with Gasteiger partial charge in [0, 0.05) is 35.9 Å². The molecule has 2 amide bonds. The molecule has 0 fully saturated rings. The van der Waals surface area contributed by atoms with Crippen LogP contribution < -0.4 is 15.5 Å². The second-order valence-corrected chi connectivity index (χ2v) is 7.85. The van der Waals surface area contributed by atoms with Crippen LogP contribution in [0.15, 0.2) is 60.0 Å². The van der Waals surface area contributed by atoms with E-state index in [1.807, 2.05) is 35.6 Å². The Kier molecular flexibility index (Phi) is 5.58. The molecule has 4 nitrogen and oxygen atoms in total. The number of halogens is 1. The van der Waals surface area contributed by atoms with Crippen LogP contribution in [0.25, 0.3) is 0 Å². The largest absolute Gasteiger partial charge is 0.367 e. The molecule has 0 saturated heterocycles. The highest BCUT2D eigenvalue weighted by Crippen LogP contribution is 2.28. The maximum absolute atomic E-state index is 12.9. The lowest BCUT2D eigenvalue weighted by atomic mass is 10.1. The number of carbonyl (C=O) groups excluding carboxylic acids is 1. The third-order valence-corrected chi connectivity index (χ3v) is 5.93. The van der Waals surface area contributed by atoms with E-state index in [4.69, 9.17) is 0 Å². The minimum Gasteiger partial charge on any atom is -0.367 e. The Morgan fingerprint density at radius 2 is 1.86 bits per heavy atom. The lowest BCUT2D eigenvalue weighted by Gasteiger charge is -2.29. The molecule has 28 heavy (non-hydrogen) atoms. The molecule has 0 aliphatic carbocycles. The van der Waals surface area contributed by atoms with Crippen LogP contribution in [0.4, 0.5) is 20.6 Å². The van der Waals surface area contributed by atoms with Gasteiger partial charge in [-0.05, 0) is 71.8 Å². The van der Waals surface area contributed by atoms with Gasteiger partial charge in [0.15, 0.2) is 0 Å². The molecule has 144 valence electrons. The molecule has 0 saturated carbocycles. The summed E-state index contributed by atoms with van der Waals surface area (Å²) in [5.74, 6) is -0.252. The number of anilines is 2. The van der Waals surface area contributed by atoms with Gasteiger partial charge < -0.3 is 15.5 Å². The normalized spacial score (nSPS) is 13.1. The second-order valence-electron chi connectivity index (χ2n) is 6.84. The molecule has 6 heteroatoms. The highest BCUT2D eigenvalue weighted by molar-refractivity contribution is 7.10. The zero-order valence-corrected chi connectivity index (χ0v) is 16.3. The minimum atomic E-state index is -0.252. The number of benzene rings is 2. The van der Waals surface area contributed by atoms with Crippen LogP contribution in [-0.2, 0) is 19.4 Å². The molecule has 0 radical (unpaired) electrons. The Labute approximate surface area is 168 Å². The molecular weight excluding hydrogens is 373 g/mol. The molecule has 2 aromatic carbocycles. The van der Waals surface area contributed by atoms with Crippen LogP contribution in [0.5, 0.6) is 0 Å². The van der Waals surface area contributed by atoms with Crippen molar-refractivity contribution in [2.45, 2.75) is 19.4 Å². The zero-order valence-electron chi connectivity index (χ0n) is 15.5. The average Bonchev–Trinajstić information content (AvgIpc) is 3.18. The lowest BCUT2D eigenvalue weighted by Crippen LogP contribution is -2.30. The standard InChI is InChI=1S/C22H22FN3OS/c23-18-3-1-16(2-4-18)9-12-24-22(27)25-19-5-7-20(8-6-19)26-13-10-21-17(15-26)11-14-28-21/h1-8,11,14H,9-10,12-13,15H2,(H2,24,25,27). The molecular formula is C22H22FN3OS. The van der Waals surface area contributed by atoms with Gasteiger partial charge >= 0.3 is 6.03 Å². The van der Waals surface area contributed by atoms with E-state index in [1.54, 1.807) is 12.1 Å². The average molecular weight is 396 g/mol. The van der Waals surface area contributed by atoms with Gasteiger partial charge in [-0.3, -0.25) is 0 Å². The molecule has 2 heterocycles. The monoisotopic (exact) mass is 395 g/mol. The van der Waals surface area contributed by atoms with E-state index in [0.717, 1.165) is 30.8 Å². The summed E-state index contributed by atoms with van der Waals surface area (Å²) in [6.45, 7) is 2.45. The summed E-state index contributed by atoms with van der Waals surface area (Å²) in [5, 5.41) is 7.84. The van der Waals surface area contributed by atoms with Gasteiger partial charge in [0.1, 0.15) is 5.82 Å². The number of hydrogen-bond donors (Lipinski definition) is 2. The van der Waals surface area contributed by atoms with Gasteiger partial charge in [0.05, 0.1) is 0 Å². The van der Waals surface area contributed by atoms with Crippen molar-refractivity contribution in [3.63, 3.8) is 0 Å². The number of amides is 2. The minimum absolute atomic E-state index is 0.240. The SMILES string of the molecule is O=C(NCCc1ccc(F)cc1)Nc1ccc(N2CCc3sccc3C2)cc1. The summed E-state index contributed by atoms with van der Waals surface area (Å²) in [4.78, 5) is 15.9. The van der Waals surface area contributed by atoms with Crippen LogP contribution in [0.1, 0.15) is 16.0 Å². The fraction of sp³-hybridized carbons (Fsp3) is 0.227. The first kappa shape index (κ1) is 18.5. The predicted molar refractivity (Wildman–Crippen MR) is 113 cm³/mol. The van der Waals surface area contributed by atoms with E-state index in [-0.39, 0.29) is 11.8 Å². The van der Waals surface area contributed by atoms with E-state index in [2.05, 4.69) is 27.0 Å². The number of nitrogens with one attached hydrogen (secondary N) is 2. The van der Waals surface area contributed by atoms with Crippen molar-refractivity contribution in [1.82, 2.24) is 5.32 Å². The summed E-state index contributed by atoms with van der Waals surface area (Å²) < 4.78 is 12.9. The molecule has 1 aliphatic rings. The van der Waals surface area contributed by atoms with E-state index < -0.39 is 0 Å². The highest BCUT2D eigenvalue weighted by Gasteiger charge is 2.17. The van der Waals surface area contributed by atoms with Crippen molar-refractivity contribution in [3.8, 4) is 0 Å². The fourth-order valence-corrected chi connectivity index (χ4v) is 4.26. The third kappa shape index (κ3) is 4.51. The maximum Gasteiger partial charge on any atom is 0.319 e. The maximum atomic E-state index is 12.9. The van der Waals surface area contributed by atoms with Crippen LogP contribution in [0, 0.1) is 5.82 Å². The summed E-state index contributed by atoms with van der Waals surface area (Å²) in [6.07, 6.45) is 1.75. The molecule has 0 bridgehead atoms. The van der Waals surface area contributed by atoms with Crippen molar-refractivity contribution in [1.29, 1.82) is 0 Å². The van der Waals surface area contributed by atoms with Crippen molar-refractivity contribution in [3.05, 3.63) is 81.8 Å². The van der Waals surface area contributed by atoms with E-state index in [0.29, 0.717) is 13.0 Å². The molecule has 0 atom stereocenters. The Morgan fingerprint density at radius 1 is 1.07 bits per heavy atom. The Balaban J connectivity index is 1.26. The Hall–Kier alpha value is -2.86. The van der Waals surface area contributed by atoms with Gasteiger partial charge in [-0.15, -0.1) is 11.3 Å². The molecule has 1 aromatic heterocycles. The molecule has 3 aromatic rings. The van der Waals surface area contributed by atoms with E-state index in [1.165, 1.54) is 28.3 Å². The van der Waals surface area contributed by atoms with Crippen molar-refractivity contribution in [2.24, 2.45) is 0 Å². The van der Waals surface area contributed by atoms with Gasteiger partial charge in [-0.1, -0.05) is 12.1 Å². The van der Waals surface area contributed by atoms with Crippen molar-refractivity contribution < 1.29 is 9.18 Å². The van der Waals surface area contributed by atoms with Crippen LogP contribution in [0.3, 0.4) is 0 Å². The number of hydrogen-bond acceptors (Lipinski definition) is 3. The van der Waals surface area contributed by atoms with Crippen LogP contribution in [0.2, 0.25) is 0 Å². The van der Waals surface area contributed by atoms with Gasteiger partial charge in [-0.2, -0.15) is 0 Å². The summed E-state index contributed by atoms with van der Waals surface area (Å²) in [6, 6.07) is 16.2. The first-order valence-electron chi connectivity index (χ1n) is 9.37. The summed E-state index contributed by atoms with van der Waals surface area (Å²) >= 11 is 1.84. The number of urea groups is 1. The topological polar surface area (TPSA) is 44.4 Å². The molecule has 2 N–H and O–H groups in total. The first-order valence-corrected chi connectivity index (χ1v) is 10.2. The second kappa shape index (κ2) is 8.44. The molecule has 0 unspecified atom stereocenters. The Bertz CT molecular complexity index is 937. The van der Waals surface area contributed by atoms with Crippen molar-refractivity contribution in [2.75, 3.05) is 23.3 Å². The van der Waals surface area contributed by atoms with Crippen LogP contribution in [-0.4, -0.2) is 19.1 Å². The molecule has 0 spiro atoms. The molecule has 1 aliphatic heterocycles. The van der Waals surface area contributed by atoms with E-state index in [9.17, 15) is 9.18 Å². The summed E-state index contributed by atoms with van der Waals surface area (Å²) in [5.41, 5.74) is 4.33. The lowest BCUT2D eigenvalue weighted by molar-refractivity contribution is 0.252. The Morgan fingerprint density at radius 3 is 2.64 bits per heavy atom. The molecule has 4 rings (SSSR count). The van der Waals surface area contributed by atoms with Gasteiger partial charge in [0.2, 0.25) is 0 Å². The van der Waals surface area contributed by atoms with E-state index >= 15 is 0 Å². The fourth-order valence-electron chi connectivity index (χ4n) is 3.37. The van der Waals surface area contributed by atoms with Crippen LogP contribution >= 0.6 is 11.3 Å². The van der Waals surface area contributed by atoms with Gasteiger partial charge in [-0.25, -0.2) is 9.18 Å². The first-order chi connectivity index (χ1) is 13.7. The number of carbonyl (C=O) groups is 1. The number of rotatable bonds is 5. The predicted octanol–water partition coefficient (Wildman–Crippen LogP) is 4.81. The number of fused-ring (bicyclic) bond motifs is 1. The number of nitrogens with zero attached hydrogens (tertiary/aromatic N) is 1. The quantitative estimate of drug-likeness (QED) is 0.651. The van der Waals surface area contributed by atoms with Gasteiger partial charge in [0.25, 0.3) is 0 Å². The summed E-state index contributed by atoms with van der Waals surface area (Å²) in [7, 11) is 0. The van der Waals surface area contributed by atoms with Crippen molar-refractivity contribution >= 4 is 28.7 Å². The zero-order chi connectivity index (χ0) is 19.3. The number of thiophene rings is 1. The highest BCUT2D eigenvalue weighted by atomic mass is 32.1. The third-order valence-electron chi connectivity index (χ3n) is 4.91. The smallest absolute Gasteiger partial charge is 0.319 e.